The Hall–Kier alpha value is -0.610. The molecule has 0 bridgehead atoms. The summed E-state index contributed by atoms with van der Waals surface area (Å²) in [5.74, 6) is 0.726. The van der Waals surface area contributed by atoms with Crippen molar-refractivity contribution in [3.8, 4) is 5.88 Å². The molecule has 1 aromatic rings. The van der Waals surface area contributed by atoms with Crippen LogP contribution in [0.5, 0.6) is 5.88 Å². The second-order valence-corrected chi connectivity index (χ2v) is 4.71. The topological polar surface area (TPSA) is 34.1 Å². The second-order valence-electron chi connectivity index (χ2n) is 3.86. The average Bonchev–Trinajstić information content (AvgIpc) is 2.25. The summed E-state index contributed by atoms with van der Waals surface area (Å²) < 4.78 is 6.82. The summed E-state index contributed by atoms with van der Waals surface area (Å²) in [4.78, 5) is 4.24. The van der Waals surface area contributed by atoms with Crippen molar-refractivity contribution in [2.24, 2.45) is 0 Å². The number of pyridine rings is 1. The second kappa shape index (κ2) is 4.94. The van der Waals surface area contributed by atoms with Crippen molar-refractivity contribution in [1.29, 1.82) is 0 Å². The van der Waals surface area contributed by atoms with Gasteiger partial charge in [0, 0.05) is 23.3 Å². The van der Waals surface area contributed by atoms with Gasteiger partial charge in [0.25, 0.3) is 0 Å². The molecular weight excluding hydrogens is 256 g/mol. The molecule has 1 atom stereocenters. The number of aromatic nitrogens is 1. The normalized spacial score (nSPS) is 21.3. The van der Waals surface area contributed by atoms with Gasteiger partial charge in [-0.25, -0.2) is 4.98 Å². The zero-order valence-corrected chi connectivity index (χ0v) is 10.4. The lowest BCUT2D eigenvalue weighted by Crippen LogP contribution is -2.37. The molecule has 4 heteroatoms. The van der Waals surface area contributed by atoms with Gasteiger partial charge >= 0.3 is 0 Å². The van der Waals surface area contributed by atoms with E-state index in [1.807, 2.05) is 13.0 Å². The van der Waals surface area contributed by atoms with E-state index < -0.39 is 0 Å². The van der Waals surface area contributed by atoms with E-state index in [2.05, 4.69) is 26.2 Å². The SMILES string of the molecule is Cc1cc(OC2CCCNC2)ncc1Br. The highest BCUT2D eigenvalue weighted by Crippen LogP contribution is 2.20. The van der Waals surface area contributed by atoms with Gasteiger partial charge in [0.1, 0.15) is 6.10 Å². The van der Waals surface area contributed by atoms with Crippen LogP contribution in [0, 0.1) is 6.92 Å². The quantitative estimate of drug-likeness (QED) is 0.896. The largest absolute Gasteiger partial charge is 0.473 e. The van der Waals surface area contributed by atoms with Crippen molar-refractivity contribution in [2.75, 3.05) is 13.1 Å². The molecule has 0 amide bonds. The van der Waals surface area contributed by atoms with Crippen molar-refractivity contribution in [3.63, 3.8) is 0 Å². The summed E-state index contributed by atoms with van der Waals surface area (Å²) in [6.45, 7) is 4.07. The highest BCUT2D eigenvalue weighted by Gasteiger charge is 2.14. The van der Waals surface area contributed by atoms with Crippen LogP contribution in [0.15, 0.2) is 16.7 Å². The number of nitrogens with zero attached hydrogens (tertiary/aromatic N) is 1. The number of ether oxygens (including phenoxy) is 1. The molecule has 0 radical (unpaired) electrons. The van der Waals surface area contributed by atoms with E-state index in [1.165, 1.54) is 6.42 Å². The van der Waals surface area contributed by atoms with Gasteiger partial charge in [-0.3, -0.25) is 0 Å². The van der Waals surface area contributed by atoms with E-state index in [4.69, 9.17) is 4.74 Å². The molecule has 1 saturated heterocycles. The molecule has 15 heavy (non-hydrogen) atoms. The fraction of sp³-hybridized carbons (Fsp3) is 0.545. The van der Waals surface area contributed by atoms with Crippen LogP contribution < -0.4 is 10.1 Å². The van der Waals surface area contributed by atoms with Crippen LogP contribution in [0.1, 0.15) is 18.4 Å². The summed E-state index contributed by atoms with van der Waals surface area (Å²) in [6, 6.07) is 1.97. The first-order valence-electron chi connectivity index (χ1n) is 5.25. The monoisotopic (exact) mass is 270 g/mol. The van der Waals surface area contributed by atoms with E-state index in [0.717, 1.165) is 35.4 Å². The molecule has 1 aliphatic heterocycles. The first-order chi connectivity index (χ1) is 7.25. The van der Waals surface area contributed by atoms with Gasteiger partial charge in [-0.2, -0.15) is 0 Å². The Morgan fingerprint density at radius 2 is 2.47 bits per heavy atom. The molecule has 0 aliphatic carbocycles. The summed E-state index contributed by atoms with van der Waals surface area (Å²) in [6.07, 6.45) is 4.36. The van der Waals surface area contributed by atoms with E-state index in [-0.39, 0.29) is 6.10 Å². The Kier molecular flexibility index (Phi) is 3.59. The number of halogens is 1. The molecule has 82 valence electrons. The number of piperidine rings is 1. The molecular formula is C11H15BrN2O. The fourth-order valence-electron chi connectivity index (χ4n) is 1.67. The highest BCUT2D eigenvalue weighted by atomic mass is 79.9. The lowest BCUT2D eigenvalue weighted by molar-refractivity contribution is 0.160. The third-order valence-electron chi connectivity index (χ3n) is 2.56. The van der Waals surface area contributed by atoms with Gasteiger partial charge in [0.15, 0.2) is 0 Å². The van der Waals surface area contributed by atoms with Gasteiger partial charge in [-0.15, -0.1) is 0 Å². The maximum Gasteiger partial charge on any atom is 0.213 e. The highest BCUT2D eigenvalue weighted by molar-refractivity contribution is 9.10. The molecule has 1 fully saturated rings. The van der Waals surface area contributed by atoms with Crippen LogP contribution in [0.3, 0.4) is 0 Å². The van der Waals surface area contributed by atoms with Crippen LogP contribution in [0.2, 0.25) is 0 Å². The number of rotatable bonds is 2. The molecule has 3 nitrogen and oxygen atoms in total. The third kappa shape index (κ3) is 2.92. The van der Waals surface area contributed by atoms with Crippen molar-refractivity contribution < 1.29 is 4.74 Å². The Morgan fingerprint density at radius 1 is 1.60 bits per heavy atom. The van der Waals surface area contributed by atoms with E-state index >= 15 is 0 Å². The first-order valence-corrected chi connectivity index (χ1v) is 6.04. The van der Waals surface area contributed by atoms with E-state index in [0.29, 0.717) is 0 Å². The standard InChI is InChI=1S/C11H15BrN2O/c1-8-5-11(14-7-10(8)12)15-9-3-2-4-13-6-9/h5,7,9,13H,2-4,6H2,1H3. The van der Waals surface area contributed by atoms with Crippen molar-refractivity contribution >= 4 is 15.9 Å². The predicted octanol–water partition coefficient (Wildman–Crippen LogP) is 2.28. The predicted molar refractivity (Wildman–Crippen MR) is 63.2 cm³/mol. The smallest absolute Gasteiger partial charge is 0.213 e. The van der Waals surface area contributed by atoms with Crippen molar-refractivity contribution in [1.82, 2.24) is 10.3 Å². The molecule has 2 rings (SSSR count). The minimum atomic E-state index is 0.270. The molecule has 0 saturated carbocycles. The van der Waals surface area contributed by atoms with Gasteiger partial charge in [-0.05, 0) is 47.8 Å². The van der Waals surface area contributed by atoms with Gasteiger partial charge < -0.3 is 10.1 Å². The first kappa shape index (κ1) is 10.9. The van der Waals surface area contributed by atoms with E-state index in [1.54, 1.807) is 6.20 Å². The van der Waals surface area contributed by atoms with Crippen LogP contribution >= 0.6 is 15.9 Å². The number of aryl methyl sites for hydroxylation is 1. The third-order valence-corrected chi connectivity index (χ3v) is 3.39. The molecule has 1 unspecified atom stereocenters. The zero-order chi connectivity index (χ0) is 10.7. The maximum absolute atomic E-state index is 5.80. The lowest BCUT2D eigenvalue weighted by Gasteiger charge is -2.23. The fourth-order valence-corrected chi connectivity index (χ4v) is 1.89. The summed E-state index contributed by atoms with van der Waals surface area (Å²) >= 11 is 3.42. The molecule has 0 aromatic carbocycles. The number of hydrogen-bond acceptors (Lipinski definition) is 3. The van der Waals surface area contributed by atoms with Crippen LogP contribution in [-0.2, 0) is 0 Å². The maximum atomic E-state index is 5.80. The van der Waals surface area contributed by atoms with Crippen molar-refractivity contribution in [3.05, 3.63) is 22.3 Å². The summed E-state index contributed by atoms with van der Waals surface area (Å²) in [5.41, 5.74) is 1.16. The minimum Gasteiger partial charge on any atom is -0.473 e. The van der Waals surface area contributed by atoms with E-state index in [9.17, 15) is 0 Å². The van der Waals surface area contributed by atoms with Gasteiger partial charge in [0.2, 0.25) is 5.88 Å². The van der Waals surface area contributed by atoms with Crippen LogP contribution in [-0.4, -0.2) is 24.2 Å². The Labute approximate surface area is 98.4 Å². The molecule has 1 N–H and O–H groups in total. The van der Waals surface area contributed by atoms with Crippen LogP contribution in [0.4, 0.5) is 0 Å². The lowest BCUT2D eigenvalue weighted by atomic mass is 10.1. The number of nitrogens with one attached hydrogen (secondary N) is 1. The van der Waals surface area contributed by atoms with Gasteiger partial charge in [-0.1, -0.05) is 0 Å². The Morgan fingerprint density at radius 3 is 3.13 bits per heavy atom. The molecule has 1 aliphatic rings. The Balaban J connectivity index is 2.00. The minimum absolute atomic E-state index is 0.270. The molecule has 2 heterocycles. The van der Waals surface area contributed by atoms with Gasteiger partial charge in [0.05, 0.1) is 0 Å². The Bertz CT molecular complexity index is 337. The summed E-state index contributed by atoms with van der Waals surface area (Å²) in [5, 5.41) is 3.32. The van der Waals surface area contributed by atoms with Crippen molar-refractivity contribution in [2.45, 2.75) is 25.9 Å². The molecule has 0 spiro atoms. The molecule has 1 aromatic heterocycles. The summed E-state index contributed by atoms with van der Waals surface area (Å²) in [7, 11) is 0. The van der Waals surface area contributed by atoms with Crippen LogP contribution in [0.25, 0.3) is 0 Å². The number of hydrogen-bond donors (Lipinski definition) is 1. The zero-order valence-electron chi connectivity index (χ0n) is 8.79. The average molecular weight is 271 g/mol.